The molecule has 1 saturated heterocycles. The van der Waals surface area contributed by atoms with E-state index in [2.05, 4.69) is 0 Å². The van der Waals surface area contributed by atoms with Gasteiger partial charge in [-0.25, -0.2) is 8.78 Å². The largest absolute Gasteiger partial charge is 0.341 e. The van der Waals surface area contributed by atoms with Gasteiger partial charge in [0.05, 0.1) is 0 Å². The van der Waals surface area contributed by atoms with Gasteiger partial charge in [-0.2, -0.15) is 0 Å². The van der Waals surface area contributed by atoms with Crippen LogP contribution in [0, 0.1) is 11.3 Å². The van der Waals surface area contributed by atoms with Gasteiger partial charge >= 0.3 is 0 Å². The number of hydrogen-bond donors (Lipinski definition) is 0. The van der Waals surface area contributed by atoms with E-state index < -0.39 is 5.92 Å². The summed E-state index contributed by atoms with van der Waals surface area (Å²) in [6.07, 6.45) is 3.02. The van der Waals surface area contributed by atoms with Crippen LogP contribution in [0.1, 0.15) is 38.5 Å². The molecule has 1 heterocycles. The highest BCUT2D eigenvalue weighted by molar-refractivity contribution is 5.80. The molecule has 16 heavy (non-hydrogen) atoms. The van der Waals surface area contributed by atoms with E-state index in [1.54, 1.807) is 0 Å². The molecule has 2 aliphatic carbocycles. The van der Waals surface area contributed by atoms with Crippen LogP contribution in [0.4, 0.5) is 8.78 Å². The molecule has 0 unspecified atom stereocenters. The number of nitrogens with zero attached hydrogens (tertiary/aromatic N) is 1. The Balaban J connectivity index is 1.52. The maximum atomic E-state index is 12.9. The van der Waals surface area contributed by atoms with Crippen LogP contribution >= 0.6 is 0 Å². The molecule has 0 atom stereocenters. The number of halogens is 2. The first-order chi connectivity index (χ1) is 7.50. The minimum absolute atomic E-state index is 0.109. The monoisotopic (exact) mass is 229 g/mol. The van der Waals surface area contributed by atoms with Gasteiger partial charge in [-0.3, -0.25) is 4.79 Å². The summed E-state index contributed by atoms with van der Waals surface area (Å²) < 4.78 is 25.9. The zero-order valence-electron chi connectivity index (χ0n) is 9.35. The van der Waals surface area contributed by atoms with Crippen molar-refractivity contribution in [2.24, 2.45) is 11.3 Å². The summed E-state index contributed by atoms with van der Waals surface area (Å²) in [4.78, 5) is 13.9. The van der Waals surface area contributed by atoms with E-state index >= 15 is 0 Å². The highest BCUT2D eigenvalue weighted by Gasteiger charge is 2.54. The first-order valence-electron chi connectivity index (χ1n) is 6.16. The lowest BCUT2D eigenvalue weighted by Crippen LogP contribution is -2.54. The molecule has 0 bridgehead atoms. The lowest BCUT2D eigenvalue weighted by atomic mass is 9.84. The average Bonchev–Trinajstić information content (AvgIpc) is 2.94. The second-order valence-corrected chi connectivity index (χ2v) is 5.82. The first kappa shape index (κ1) is 10.5. The van der Waals surface area contributed by atoms with Crippen LogP contribution in [0.2, 0.25) is 0 Å². The van der Waals surface area contributed by atoms with E-state index in [1.165, 1.54) is 12.8 Å². The number of carbonyl (C=O) groups is 1. The summed E-state index contributed by atoms with van der Waals surface area (Å²) in [5.41, 5.74) is 0.467. The van der Waals surface area contributed by atoms with Crippen LogP contribution < -0.4 is 0 Å². The number of likely N-dealkylation sites (tertiary alicyclic amines) is 1. The molecule has 1 spiro atoms. The van der Waals surface area contributed by atoms with Crippen molar-refractivity contribution in [3.8, 4) is 0 Å². The third-order valence-corrected chi connectivity index (χ3v) is 4.39. The highest BCUT2D eigenvalue weighted by atomic mass is 19.3. The third-order valence-electron chi connectivity index (χ3n) is 4.39. The molecule has 2 saturated carbocycles. The van der Waals surface area contributed by atoms with Crippen molar-refractivity contribution in [2.45, 2.75) is 44.4 Å². The molecule has 1 amide bonds. The molecule has 0 aromatic rings. The Kier molecular flexibility index (Phi) is 2.08. The minimum atomic E-state index is -2.52. The van der Waals surface area contributed by atoms with Crippen LogP contribution in [0.5, 0.6) is 0 Å². The Labute approximate surface area is 94.0 Å². The van der Waals surface area contributed by atoms with Crippen molar-refractivity contribution in [3.05, 3.63) is 0 Å². The quantitative estimate of drug-likeness (QED) is 0.676. The van der Waals surface area contributed by atoms with Gasteiger partial charge in [0, 0.05) is 37.3 Å². The molecule has 0 radical (unpaired) electrons. The Bertz CT molecular complexity index is 307. The van der Waals surface area contributed by atoms with Gasteiger partial charge in [-0.1, -0.05) is 0 Å². The highest BCUT2D eigenvalue weighted by Crippen LogP contribution is 2.53. The van der Waals surface area contributed by atoms with E-state index in [4.69, 9.17) is 0 Å². The van der Waals surface area contributed by atoms with E-state index in [0.29, 0.717) is 18.3 Å². The molecule has 3 fully saturated rings. The number of carbonyl (C=O) groups excluding carboxylic acids is 1. The van der Waals surface area contributed by atoms with Crippen LogP contribution in [-0.2, 0) is 4.79 Å². The van der Waals surface area contributed by atoms with Gasteiger partial charge in [-0.15, -0.1) is 0 Å². The lowest BCUT2D eigenvalue weighted by Gasteiger charge is -2.42. The van der Waals surface area contributed by atoms with Gasteiger partial charge in [-0.05, 0) is 25.7 Å². The fourth-order valence-corrected chi connectivity index (χ4v) is 2.96. The molecule has 3 aliphatic rings. The molecule has 1 aliphatic heterocycles. The van der Waals surface area contributed by atoms with Crippen LogP contribution in [0.25, 0.3) is 0 Å². The number of amides is 1. The Morgan fingerprint density at radius 2 is 1.62 bits per heavy atom. The molecular weight excluding hydrogens is 212 g/mol. The fraction of sp³-hybridized carbons (Fsp3) is 0.917. The van der Waals surface area contributed by atoms with Crippen molar-refractivity contribution in [1.82, 2.24) is 4.90 Å². The van der Waals surface area contributed by atoms with E-state index in [0.717, 1.165) is 13.1 Å². The Morgan fingerprint density at radius 3 is 2.12 bits per heavy atom. The second-order valence-electron chi connectivity index (χ2n) is 5.82. The summed E-state index contributed by atoms with van der Waals surface area (Å²) >= 11 is 0. The van der Waals surface area contributed by atoms with Crippen molar-refractivity contribution < 1.29 is 13.6 Å². The summed E-state index contributed by atoms with van der Waals surface area (Å²) in [6.45, 7) is 1.78. The minimum Gasteiger partial charge on any atom is -0.341 e. The summed E-state index contributed by atoms with van der Waals surface area (Å²) in [5.74, 6) is -2.52. The lowest BCUT2D eigenvalue weighted by molar-refractivity contribution is -0.147. The molecule has 2 nitrogen and oxygen atoms in total. The standard InChI is InChI=1S/C12H17F2NO/c13-12(14)3-1-9(2-4-12)10(16)15-7-11(8-15)5-6-11/h9H,1-8H2. The van der Waals surface area contributed by atoms with Crippen LogP contribution in [0.3, 0.4) is 0 Å². The van der Waals surface area contributed by atoms with Gasteiger partial charge < -0.3 is 4.90 Å². The maximum absolute atomic E-state index is 12.9. The SMILES string of the molecule is O=C(C1CCC(F)(F)CC1)N1CC2(CC2)C1. The molecule has 90 valence electrons. The van der Waals surface area contributed by atoms with E-state index in [-0.39, 0.29) is 24.7 Å². The number of alkyl halides is 2. The molecular formula is C12H17F2NO. The predicted octanol–water partition coefficient (Wildman–Crippen LogP) is 2.43. The average molecular weight is 229 g/mol. The van der Waals surface area contributed by atoms with Gasteiger partial charge in [0.2, 0.25) is 11.8 Å². The summed E-state index contributed by atoms with van der Waals surface area (Å²) in [6, 6.07) is 0. The topological polar surface area (TPSA) is 20.3 Å². The second kappa shape index (κ2) is 3.17. The molecule has 0 aromatic heterocycles. The van der Waals surface area contributed by atoms with Crippen LogP contribution in [0.15, 0.2) is 0 Å². The molecule has 4 heteroatoms. The number of hydrogen-bond acceptors (Lipinski definition) is 1. The Hall–Kier alpha value is -0.670. The zero-order valence-corrected chi connectivity index (χ0v) is 9.35. The zero-order chi connectivity index (χ0) is 11.4. The normalized spacial score (nSPS) is 31.2. The first-order valence-corrected chi connectivity index (χ1v) is 6.16. The van der Waals surface area contributed by atoms with Crippen molar-refractivity contribution >= 4 is 5.91 Å². The van der Waals surface area contributed by atoms with Gasteiger partial charge in [0.15, 0.2) is 0 Å². The van der Waals surface area contributed by atoms with Gasteiger partial charge in [0.1, 0.15) is 0 Å². The summed E-state index contributed by atoms with van der Waals surface area (Å²) in [7, 11) is 0. The van der Waals surface area contributed by atoms with Crippen molar-refractivity contribution in [1.29, 1.82) is 0 Å². The number of rotatable bonds is 1. The maximum Gasteiger partial charge on any atom is 0.248 e. The molecule has 0 N–H and O–H groups in total. The third kappa shape index (κ3) is 1.72. The predicted molar refractivity (Wildman–Crippen MR) is 55.2 cm³/mol. The summed E-state index contributed by atoms with van der Waals surface area (Å²) in [5, 5.41) is 0. The Morgan fingerprint density at radius 1 is 1.06 bits per heavy atom. The molecule has 3 rings (SSSR count). The van der Waals surface area contributed by atoms with Crippen LogP contribution in [-0.4, -0.2) is 29.8 Å². The van der Waals surface area contributed by atoms with Crippen molar-refractivity contribution in [2.75, 3.05) is 13.1 Å². The van der Waals surface area contributed by atoms with Gasteiger partial charge in [0.25, 0.3) is 0 Å². The van der Waals surface area contributed by atoms with E-state index in [9.17, 15) is 13.6 Å². The van der Waals surface area contributed by atoms with Crippen molar-refractivity contribution in [3.63, 3.8) is 0 Å². The van der Waals surface area contributed by atoms with E-state index in [1.807, 2.05) is 4.90 Å². The smallest absolute Gasteiger partial charge is 0.248 e. The fourth-order valence-electron chi connectivity index (χ4n) is 2.96. The molecule has 0 aromatic carbocycles.